The molecule has 0 radical (unpaired) electrons. The van der Waals surface area contributed by atoms with Crippen molar-refractivity contribution < 1.29 is 0 Å². The van der Waals surface area contributed by atoms with Crippen molar-refractivity contribution in [2.24, 2.45) is 7.05 Å². The average molecular weight is 400 g/mol. The van der Waals surface area contributed by atoms with Crippen LogP contribution in [-0.2, 0) is 7.05 Å². The van der Waals surface area contributed by atoms with Gasteiger partial charge in [-0.1, -0.05) is 0 Å². The summed E-state index contributed by atoms with van der Waals surface area (Å²) >= 11 is 3.21. The Bertz CT molecular complexity index is 614. The van der Waals surface area contributed by atoms with Gasteiger partial charge in [0.1, 0.15) is 0 Å². The minimum Gasteiger partial charge on any atom is -0.275 e. The molecular formula is C12H12Br2N6. The monoisotopic (exact) mass is 398 g/mol. The second-order valence-corrected chi connectivity index (χ2v) is 4.48. The lowest BCUT2D eigenvalue weighted by atomic mass is 10.2. The lowest BCUT2D eigenvalue weighted by molar-refractivity contribution is 0.770. The fourth-order valence-electron chi connectivity index (χ4n) is 1.29. The van der Waals surface area contributed by atoms with Crippen LogP contribution in [0, 0.1) is 0 Å². The standard InChI is InChI=1S/C8H8N4.C4H3BrN2.BrH/c1-12-5-3-8(11-12)7-2-4-9-10-6-7;5-4-1-2-6-7-3-4;/h2-6H,1H3;1-3H;1H. The molecular weight excluding hydrogens is 388 g/mol. The van der Waals surface area contributed by atoms with Gasteiger partial charge >= 0.3 is 0 Å². The van der Waals surface area contributed by atoms with Gasteiger partial charge in [-0.2, -0.15) is 25.5 Å². The first-order chi connectivity index (χ1) is 9.25. The maximum absolute atomic E-state index is 4.23. The lowest BCUT2D eigenvalue weighted by Gasteiger charge is -1.91. The van der Waals surface area contributed by atoms with Gasteiger partial charge in [-0.25, -0.2) is 0 Å². The van der Waals surface area contributed by atoms with Crippen molar-refractivity contribution in [2.45, 2.75) is 0 Å². The molecule has 0 saturated heterocycles. The molecule has 6 nitrogen and oxygen atoms in total. The third-order valence-corrected chi connectivity index (χ3v) is 2.61. The molecule has 3 rings (SSSR count). The summed E-state index contributed by atoms with van der Waals surface area (Å²) in [7, 11) is 1.89. The van der Waals surface area contributed by atoms with E-state index in [2.05, 4.69) is 41.4 Å². The highest BCUT2D eigenvalue weighted by Crippen LogP contribution is 2.12. The van der Waals surface area contributed by atoms with E-state index in [0.29, 0.717) is 0 Å². The molecule has 0 aliphatic rings. The van der Waals surface area contributed by atoms with Crippen LogP contribution in [0.1, 0.15) is 0 Å². The Morgan fingerprint density at radius 3 is 2.05 bits per heavy atom. The molecule has 0 bridgehead atoms. The normalized spacial score (nSPS) is 9.10. The molecule has 0 N–H and O–H groups in total. The minimum atomic E-state index is 0. The van der Waals surface area contributed by atoms with E-state index in [4.69, 9.17) is 0 Å². The van der Waals surface area contributed by atoms with E-state index in [9.17, 15) is 0 Å². The number of hydrogen-bond acceptors (Lipinski definition) is 5. The Hall–Kier alpha value is -1.67. The summed E-state index contributed by atoms with van der Waals surface area (Å²) in [6.45, 7) is 0. The molecule has 3 aromatic heterocycles. The van der Waals surface area contributed by atoms with Gasteiger partial charge in [0.15, 0.2) is 0 Å². The number of halogens is 2. The summed E-state index contributed by atoms with van der Waals surface area (Å²) in [6.07, 6.45) is 8.52. The molecule has 0 fully saturated rings. The first kappa shape index (κ1) is 16.4. The van der Waals surface area contributed by atoms with Crippen LogP contribution in [0.5, 0.6) is 0 Å². The van der Waals surface area contributed by atoms with E-state index in [-0.39, 0.29) is 17.0 Å². The summed E-state index contributed by atoms with van der Waals surface area (Å²) in [5, 5.41) is 18.8. The van der Waals surface area contributed by atoms with Gasteiger partial charge in [0.25, 0.3) is 0 Å². The SMILES string of the molecule is Br.Brc1ccnnc1.Cn1ccc(-c2ccnnc2)n1. The molecule has 0 unspecified atom stereocenters. The quantitative estimate of drug-likeness (QED) is 0.629. The van der Waals surface area contributed by atoms with Crippen LogP contribution in [0.2, 0.25) is 0 Å². The van der Waals surface area contributed by atoms with E-state index < -0.39 is 0 Å². The molecule has 20 heavy (non-hydrogen) atoms. The zero-order chi connectivity index (χ0) is 13.5. The summed E-state index contributed by atoms with van der Waals surface area (Å²) in [5.74, 6) is 0. The maximum atomic E-state index is 4.23. The van der Waals surface area contributed by atoms with Crippen LogP contribution in [0.25, 0.3) is 11.3 Å². The molecule has 3 aromatic rings. The van der Waals surface area contributed by atoms with Crippen molar-refractivity contribution >= 4 is 32.9 Å². The minimum absolute atomic E-state index is 0. The number of aryl methyl sites for hydroxylation is 1. The third kappa shape index (κ3) is 5.14. The Morgan fingerprint density at radius 2 is 1.65 bits per heavy atom. The zero-order valence-corrected chi connectivity index (χ0v) is 13.9. The predicted octanol–water partition coefficient (Wildman–Crippen LogP) is 2.69. The van der Waals surface area contributed by atoms with E-state index >= 15 is 0 Å². The largest absolute Gasteiger partial charge is 0.275 e. The molecule has 3 heterocycles. The van der Waals surface area contributed by atoms with Gasteiger partial charge < -0.3 is 0 Å². The van der Waals surface area contributed by atoms with Crippen molar-refractivity contribution in [3.05, 3.63) is 53.7 Å². The summed E-state index contributed by atoms with van der Waals surface area (Å²) < 4.78 is 2.72. The van der Waals surface area contributed by atoms with Gasteiger partial charge in [-0.15, -0.1) is 17.0 Å². The van der Waals surface area contributed by atoms with Crippen LogP contribution >= 0.6 is 32.9 Å². The van der Waals surface area contributed by atoms with E-state index in [0.717, 1.165) is 15.7 Å². The molecule has 0 aromatic carbocycles. The fraction of sp³-hybridized carbons (Fsp3) is 0.0833. The molecule has 104 valence electrons. The highest BCUT2D eigenvalue weighted by molar-refractivity contribution is 9.10. The van der Waals surface area contributed by atoms with Crippen molar-refractivity contribution in [1.29, 1.82) is 0 Å². The zero-order valence-electron chi connectivity index (χ0n) is 10.6. The Balaban J connectivity index is 0.000000216. The summed E-state index contributed by atoms with van der Waals surface area (Å²) in [4.78, 5) is 0. The van der Waals surface area contributed by atoms with E-state index in [1.807, 2.05) is 31.4 Å². The second-order valence-electron chi connectivity index (χ2n) is 3.57. The number of nitrogens with zero attached hydrogens (tertiary/aromatic N) is 6. The van der Waals surface area contributed by atoms with Crippen LogP contribution in [0.3, 0.4) is 0 Å². The van der Waals surface area contributed by atoms with Gasteiger partial charge in [-0.3, -0.25) is 4.68 Å². The molecule has 8 heteroatoms. The third-order valence-electron chi connectivity index (χ3n) is 2.14. The predicted molar refractivity (Wildman–Crippen MR) is 84.3 cm³/mol. The highest BCUT2D eigenvalue weighted by atomic mass is 79.9. The molecule has 0 saturated carbocycles. The number of rotatable bonds is 1. The van der Waals surface area contributed by atoms with Gasteiger partial charge in [-0.05, 0) is 34.1 Å². The average Bonchev–Trinajstić information content (AvgIpc) is 2.88. The van der Waals surface area contributed by atoms with Crippen LogP contribution < -0.4 is 0 Å². The van der Waals surface area contributed by atoms with Gasteiger partial charge in [0.05, 0.1) is 30.5 Å². The highest BCUT2D eigenvalue weighted by Gasteiger charge is 1.98. The van der Waals surface area contributed by atoms with Gasteiger partial charge in [0.2, 0.25) is 0 Å². The Morgan fingerprint density at radius 1 is 0.950 bits per heavy atom. The molecule has 0 amide bonds. The summed E-state index contributed by atoms with van der Waals surface area (Å²) in [5.41, 5.74) is 1.91. The molecule has 0 aliphatic heterocycles. The van der Waals surface area contributed by atoms with Crippen LogP contribution in [-0.4, -0.2) is 30.2 Å². The van der Waals surface area contributed by atoms with Crippen molar-refractivity contribution in [3.63, 3.8) is 0 Å². The fourth-order valence-corrected chi connectivity index (χ4v) is 1.50. The summed E-state index contributed by atoms with van der Waals surface area (Å²) in [6, 6.07) is 5.65. The molecule has 0 spiro atoms. The first-order valence-corrected chi connectivity index (χ1v) is 6.24. The smallest absolute Gasteiger partial charge is 0.0939 e. The second kappa shape index (κ2) is 8.49. The first-order valence-electron chi connectivity index (χ1n) is 5.44. The topological polar surface area (TPSA) is 69.4 Å². The number of aromatic nitrogens is 6. The van der Waals surface area contributed by atoms with E-state index in [1.54, 1.807) is 29.5 Å². The van der Waals surface area contributed by atoms with Crippen molar-refractivity contribution in [3.8, 4) is 11.3 Å². The molecule has 0 aliphatic carbocycles. The van der Waals surface area contributed by atoms with Crippen LogP contribution in [0.4, 0.5) is 0 Å². The lowest BCUT2D eigenvalue weighted by Crippen LogP contribution is -1.88. The van der Waals surface area contributed by atoms with Crippen molar-refractivity contribution in [1.82, 2.24) is 30.2 Å². The molecule has 0 atom stereocenters. The number of hydrogen-bond donors (Lipinski definition) is 0. The van der Waals surface area contributed by atoms with Crippen molar-refractivity contribution in [2.75, 3.05) is 0 Å². The van der Waals surface area contributed by atoms with E-state index in [1.165, 1.54) is 0 Å². The maximum Gasteiger partial charge on any atom is 0.0939 e. The van der Waals surface area contributed by atoms with Gasteiger partial charge in [0, 0.05) is 23.3 Å². The Kier molecular flexibility index (Phi) is 6.96. The van der Waals surface area contributed by atoms with Crippen LogP contribution in [0.15, 0.2) is 53.7 Å². The Labute approximate surface area is 135 Å².